The molecule has 30 heavy (non-hydrogen) atoms. The predicted octanol–water partition coefficient (Wildman–Crippen LogP) is 5.56. The fourth-order valence-corrected chi connectivity index (χ4v) is 4.20. The molecule has 1 heterocycles. The average molecular weight is 405 g/mol. The van der Waals surface area contributed by atoms with Crippen molar-refractivity contribution in [2.75, 3.05) is 6.61 Å². The van der Waals surface area contributed by atoms with Gasteiger partial charge in [-0.25, -0.2) is 4.98 Å². The minimum atomic E-state index is -0.713. The highest BCUT2D eigenvalue weighted by Gasteiger charge is 2.22. The predicted molar refractivity (Wildman–Crippen MR) is 115 cm³/mol. The summed E-state index contributed by atoms with van der Waals surface area (Å²) in [6.45, 7) is 2.48. The highest BCUT2D eigenvalue weighted by molar-refractivity contribution is 5.66. The molecule has 5 nitrogen and oxygen atoms in total. The van der Waals surface area contributed by atoms with Gasteiger partial charge in [-0.15, -0.1) is 0 Å². The van der Waals surface area contributed by atoms with E-state index in [-0.39, 0.29) is 6.42 Å². The first-order valence-electron chi connectivity index (χ1n) is 10.6. The second-order valence-corrected chi connectivity index (χ2v) is 7.87. The number of nitrogens with zero attached hydrogens (tertiary/aromatic N) is 1. The maximum Gasteiger partial charge on any atom is 0.303 e. The van der Waals surface area contributed by atoms with Crippen LogP contribution in [-0.2, 0) is 17.6 Å². The van der Waals surface area contributed by atoms with E-state index in [1.165, 1.54) is 11.1 Å². The first-order valence-corrected chi connectivity index (χ1v) is 10.6. The van der Waals surface area contributed by atoms with Crippen molar-refractivity contribution in [1.82, 2.24) is 4.98 Å². The van der Waals surface area contributed by atoms with E-state index in [0.717, 1.165) is 48.5 Å². The molecule has 0 saturated carbocycles. The number of hydrogen-bond donors (Lipinski definition) is 1. The molecule has 156 valence electrons. The Kier molecular flexibility index (Phi) is 6.17. The molecule has 0 amide bonds. The number of ether oxygens (including phenoxy) is 1. The Hall–Kier alpha value is -3.08. The largest absolute Gasteiger partial charge is 0.493 e. The summed E-state index contributed by atoms with van der Waals surface area (Å²) in [5, 5.41) is 8.83. The van der Waals surface area contributed by atoms with Crippen molar-refractivity contribution in [3.63, 3.8) is 0 Å². The van der Waals surface area contributed by atoms with Crippen LogP contribution >= 0.6 is 0 Å². The van der Waals surface area contributed by atoms with Crippen molar-refractivity contribution in [2.24, 2.45) is 0 Å². The Balaban J connectivity index is 1.32. The van der Waals surface area contributed by atoms with Gasteiger partial charge in [0.2, 0.25) is 5.89 Å². The number of aliphatic carboxylic acids is 1. The van der Waals surface area contributed by atoms with Crippen LogP contribution in [0.1, 0.15) is 54.2 Å². The molecular formula is C25H27NO4. The summed E-state index contributed by atoms with van der Waals surface area (Å²) >= 11 is 0. The summed E-state index contributed by atoms with van der Waals surface area (Å²) in [5.74, 6) is 2.12. The topological polar surface area (TPSA) is 72.6 Å². The SMILES string of the molecule is Cc1oc(-c2ccccc2)nc1CCOc1ccc2c(c1)CCC2CCCC(=O)O. The molecule has 1 aliphatic rings. The Morgan fingerprint density at radius 1 is 1.23 bits per heavy atom. The lowest BCUT2D eigenvalue weighted by molar-refractivity contribution is -0.137. The van der Waals surface area contributed by atoms with Crippen molar-refractivity contribution >= 4 is 5.97 Å². The minimum Gasteiger partial charge on any atom is -0.493 e. The molecule has 1 aromatic heterocycles. The summed E-state index contributed by atoms with van der Waals surface area (Å²) < 4.78 is 11.8. The van der Waals surface area contributed by atoms with E-state index in [1.807, 2.05) is 43.3 Å². The van der Waals surface area contributed by atoms with Gasteiger partial charge in [-0.1, -0.05) is 24.3 Å². The lowest BCUT2D eigenvalue weighted by Gasteiger charge is -2.12. The van der Waals surface area contributed by atoms with Crippen LogP contribution < -0.4 is 4.74 Å². The first-order chi connectivity index (χ1) is 14.6. The van der Waals surface area contributed by atoms with E-state index in [1.54, 1.807) is 0 Å². The van der Waals surface area contributed by atoms with Crippen LogP contribution in [0.4, 0.5) is 0 Å². The molecule has 4 rings (SSSR count). The number of carbonyl (C=O) groups is 1. The molecule has 1 unspecified atom stereocenters. The number of fused-ring (bicyclic) bond motifs is 1. The minimum absolute atomic E-state index is 0.250. The second kappa shape index (κ2) is 9.16. The quantitative estimate of drug-likeness (QED) is 0.505. The van der Waals surface area contributed by atoms with Gasteiger partial charge in [-0.05, 0) is 73.9 Å². The van der Waals surface area contributed by atoms with Gasteiger partial charge in [0.1, 0.15) is 11.5 Å². The third kappa shape index (κ3) is 4.73. The molecule has 0 saturated heterocycles. The number of aryl methyl sites for hydroxylation is 2. The normalized spacial score (nSPS) is 15.2. The van der Waals surface area contributed by atoms with E-state index in [2.05, 4.69) is 17.1 Å². The summed E-state index contributed by atoms with van der Waals surface area (Å²) in [5.41, 5.74) is 4.59. The van der Waals surface area contributed by atoms with Gasteiger partial charge in [0.25, 0.3) is 0 Å². The fraction of sp³-hybridized carbons (Fsp3) is 0.360. The van der Waals surface area contributed by atoms with Gasteiger partial charge in [-0.2, -0.15) is 0 Å². The van der Waals surface area contributed by atoms with Gasteiger partial charge in [0.15, 0.2) is 0 Å². The summed E-state index contributed by atoms with van der Waals surface area (Å²) in [6, 6.07) is 16.2. The summed E-state index contributed by atoms with van der Waals surface area (Å²) in [4.78, 5) is 15.4. The van der Waals surface area contributed by atoms with Crippen molar-refractivity contribution in [3.05, 3.63) is 71.1 Å². The fourth-order valence-electron chi connectivity index (χ4n) is 4.20. The smallest absolute Gasteiger partial charge is 0.303 e. The molecule has 0 bridgehead atoms. The van der Waals surface area contributed by atoms with Gasteiger partial charge >= 0.3 is 5.97 Å². The van der Waals surface area contributed by atoms with Gasteiger partial charge in [-0.3, -0.25) is 4.79 Å². The zero-order chi connectivity index (χ0) is 20.9. The maximum atomic E-state index is 10.7. The number of carboxylic acid groups (broad SMARTS) is 1. The van der Waals surface area contributed by atoms with E-state index in [9.17, 15) is 4.79 Å². The van der Waals surface area contributed by atoms with Crippen LogP contribution in [0, 0.1) is 6.92 Å². The number of hydrogen-bond acceptors (Lipinski definition) is 4. The van der Waals surface area contributed by atoms with Crippen molar-refractivity contribution < 1.29 is 19.1 Å². The van der Waals surface area contributed by atoms with E-state index >= 15 is 0 Å². The molecule has 0 spiro atoms. The van der Waals surface area contributed by atoms with Crippen LogP contribution in [0.2, 0.25) is 0 Å². The number of rotatable bonds is 9. The van der Waals surface area contributed by atoms with Crippen LogP contribution in [0.15, 0.2) is 52.9 Å². The lowest BCUT2D eigenvalue weighted by atomic mass is 9.95. The number of aromatic nitrogens is 1. The van der Waals surface area contributed by atoms with Crippen molar-refractivity contribution in [1.29, 1.82) is 0 Å². The van der Waals surface area contributed by atoms with E-state index in [4.69, 9.17) is 14.3 Å². The molecular weight excluding hydrogens is 378 g/mol. The third-order valence-electron chi connectivity index (χ3n) is 5.78. The van der Waals surface area contributed by atoms with Crippen LogP contribution in [-0.4, -0.2) is 22.7 Å². The molecule has 5 heteroatoms. The first kappa shape index (κ1) is 20.2. The van der Waals surface area contributed by atoms with Gasteiger partial charge in [0, 0.05) is 18.4 Å². The molecule has 0 fully saturated rings. The summed E-state index contributed by atoms with van der Waals surface area (Å²) in [6.07, 6.45) is 4.75. The Bertz CT molecular complexity index is 1010. The number of benzene rings is 2. The summed E-state index contributed by atoms with van der Waals surface area (Å²) in [7, 11) is 0. The zero-order valence-corrected chi connectivity index (χ0v) is 17.3. The van der Waals surface area contributed by atoms with E-state index < -0.39 is 5.97 Å². The maximum absolute atomic E-state index is 10.7. The molecule has 1 atom stereocenters. The van der Waals surface area contributed by atoms with Gasteiger partial charge in [0.05, 0.1) is 12.3 Å². The standard InChI is InChI=1S/C25H27NO4/c1-17-23(26-25(30-17)19-6-3-2-4-7-19)14-15-29-21-12-13-22-18(8-5-9-24(27)28)10-11-20(22)16-21/h2-4,6-7,12-13,16,18H,5,8-11,14-15H2,1H3,(H,27,28). The van der Waals surface area contributed by atoms with Crippen molar-refractivity contribution in [2.45, 2.75) is 51.4 Å². The monoisotopic (exact) mass is 405 g/mol. The van der Waals surface area contributed by atoms with Crippen molar-refractivity contribution in [3.8, 4) is 17.2 Å². The third-order valence-corrected chi connectivity index (χ3v) is 5.78. The molecule has 2 aromatic carbocycles. The molecule has 1 aliphatic carbocycles. The second-order valence-electron chi connectivity index (χ2n) is 7.87. The lowest BCUT2D eigenvalue weighted by Crippen LogP contribution is -2.03. The van der Waals surface area contributed by atoms with Crippen LogP contribution in [0.25, 0.3) is 11.5 Å². The van der Waals surface area contributed by atoms with Crippen LogP contribution in [0.3, 0.4) is 0 Å². The Morgan fingerprint density at radius 2 is 2.07 bits per heavy atom. The van der Waals surface area contributed by atoms with Crippen LogP contribution in [0.5, 0.6) is 5.75 Å². The molecule has 1 N–H and O–H groups in total. The Morgan fingerprint density at radius 3 is 2.87 bits per heavy atom. The highest BCUT2D eigenvalue weighted by atomic mass is 16.5. The number of oxazole rings is 1. The number of carboxylic acids is 1. The average Bonchev–Trinajstić information content (AvgIpc) is 3.32. The van der Waals surface area contributed by atoms with Gasteiger partial charge < -0.3 is 14.3 Å². The molecule has 0 radical (unpaired) electrons. The highest BCUT2D eigenvalue weighted by Crippen LogP contribution is 2.38. The zero-order valence-electron chi connectivity index (χ0n) is 17.3. The molecule has 0 aliphatic heterocycles. The van der Waals surface area contributed by atoms with E-state index in [0.29, 0.717) is 24.8 Å². The Labute approximate surface area is 176 Å². The molecule has 3 aromatic rings.